The van der Waals surface area contributed by atoms with E-state index in [0.717, 1.165) is 32.5 Å². The Morgan fingerprint density at radius 1 is 1.11 bits per heavy atom. The molecule has 1 heterocycles. The van der Waals surface area contributed by atoms with E-state index in [9.17, 15) is 4.79 Å². The summed E-state index contributed by atoms with van der Waals surface area (Å²) in [5.41, 5.74) is 0. The Morgan fingerprint density at radius 3 is 2.11 bits per heavy atom. The lowest BCUT2D eigenvalue weighted by Crippen LogP contribution is -2.48. The topological polar surface area (TPSA) is 23.6 Å². The molecule has 1 amide bonds. The largest absolute Gasteiger partial charge is 0.337 e. The molecule has 103 valence electrons. The summed E-state index contributed by atoms with van der Waals surface area (Å²) in [4.78, 5) is 16.8. The second-order valence-electron chi connectivity index (χ2n) is 6.10. The summed E-state index contributed by atoms with van der Waals surface area (Å²) in [5.74, 6) is 1.85. The molecule has 2 aliphatic rings. The number of amides is 1. The number of likely N-dealkylation sites (tertiary alicyclic amines) is 1. The van der Waals surface area contributed by atoms with Gasteiger partial charge >= 0.3 is 0 Å². The number of carbonyl (C=O) groups excluding carboxylic acids is 1. The van der Waals surface area contributed by atoms with Crippen molar-refractivity contribution in [1.29, 1.82) is 0 Å². The number of piperidine rings is 1. The van der Waals surface area contributed by atoms with E-state index in [1.165, 1.54) is 18.8 Å². The zero-order valence-corrected chi connectivity index (χ0v) is 12.1. The number of rotatable bonds is 5. The van der Waals surface area contributed by atoms with Crippen molar-refractivity contribution in [3.63, 3.8) is 0 Å². The fourth-order valence-corrected chi connectivity index (χ4v) is 3.04. The molecule has 3 nitrogen and oxygen atoms in total. The Kier molecular flexibility index (Phi) is 4.66. The van der Waals surface area contributed by atoms with E-state index in [4.69, 9.17) is 0 Å². The molecule has 0 aromatic heterocycles. The average Bonchev–Trinajstić information content (AvgIpc) is 3.15. The predicted octanol–water partition coefficient (Wildman–Crippen LogP) is 2.47. The lowest BCUT2D eigenvalue weighted by atomic mass is 10.0. The quantitative estimate of drug-likeness (QED) is 0.749. The predicted molar refractivity (Wildman–Crippen MR) is 74.2 cm³/mol. The highest BCUT2D eigenvalue weighted by Crippen LogP contribution is 2.32. The fourth-order valence-electron chi connectivity index (χ4n) is 3.04. The van der Waals surface area contributed by atoms with Crippen molar-refractivity contribution < 1.29 is 4.79 Å². The van der Waals surface area contributed by atoms with Crippen molar-refractivity contribution in [2.45, 2.75) is 65.0 Å². The van der Waals surface area contributed by atoms with E-state index < -0.39 is 0 Å². The van der Waals surface area contributed by atoms with Gasteiger partial charge in [0.05, 0.1) is 0 Å². The van der Waals surface area contributed by atoms with Crippen molar-refractivity contribution in [3.05, 3.63) is 5.92 Å². The minimum atomic E-state index is 0.370. The van der Waals surface area contributed by atoms with Crippen LogP contribution in [0.5, 0.6) is 0 Å². The molecule has 1 aliphatic heterocycles. The number of carbonyl (C=O) groups is 1. The van der Waals surface area contributed by atoms with Crippen LogP contribution in [-0.4, -0.2) is 47.4 Å². The average molecular weight is 251 g/mol. The van der Waals surface area contributed by atoms with Gasteiger partial charge in [0, 0.05) is 38.1 Å². The first kappa shape index (κ1) is 13.9. The monoisotopic (exact) mass is 251 g/mol. The number of hydrogen-bond donors (Lipinski definition) is 0. The first-order valence-electron chi connectivity index (χ1n) is 7.44. The highest BCUT2D eigenvalue weighted by atomic mass is 16.2. The van der Waals surface area contributed by atoms with Gasteiger partial charge in [0.25, 0.3) is 0 Å². The van der Waals surface area contributed by atoms with Gasteiger partial charge in [-0.2, -0.15) is 0 Å². The fraction of sp³-hybridized carbons (Fsp3) is 0.867. The molecule has 2 rings (SSSR count). The Hall–Kier alpha value is -0.570. The van der Waals surface area contributed by atoms with Crippen LogP contribution in [0.25, 0.3) is 0 Å². The Balaban J connectivity index is 1.85. The lowest BCUT2D eigenvalue weighted by molar-refractivity contribution is -0.134. The summed E-state index contributed by atoms with van der Waals surface area (Å²) in [7, 11) is 0. The van der Waals surface area contributed by atoms with Crippen LogP contribution in [0.2, 0.25) is 0 Å². The Labute approximate surface area is 112 Å². The Bertz CT molecular complexity index is 278. The van der Waals surface area contributed by atoms with E-state index in [2.05, 4.69) is 23.6 Å². The van der Waals surface area contributed by atoms with Crippen LogP contribution in [-0.2, 0) is 4.79 Å². The van der Waals surface area contributed by atoms with Crippen LogP contribution < -0.4 is 0 Å². The van der Waals surface area contributed by atoms with Crippen LogP contribution >= 0.6 is 0 Å². The number of nitrogens with zero attached hydrogens (tertiary/aromatic N) is 2. The molecular formula is C15H27N2O. The highest BCUT2D eigenvalue weighted by molar-refractivity contribution is 5.76. The first-order chi connectivity index (χ1) is 8.61. The second-order valence-corrected chi connectivity index (χ2v) is 6.10. The van der Waals surface area contributed by atoms with E-state index in [1.807, 2.05) is 6.92 Å². The molecule has 2 fully saturated rings. The van der Waals surface area contributed by atoms with Gasteiger partial charge in [0.1, 0.15) is 0 Å². The summed E-state index contributed by atoms with van der Waals surface area (Å²) in [5, 5.41) is 0. The van der Waals surface area contributed by atoms with Crippen molar-refractivity contribution >= 4 is 5.91 Å². The minimum absolute atomic E-state index is 0.370. The van der Waals surface area contributed by atoms with Crippen LogP contribution in [0.4, 0.5) is 0 Å². The van der Waals surface area contributed by atoms with Gasteiger partial charge in [-0.15, -0.1) is 0 Å². The molecule has 18 heavy (non-hydrogen) atoms. The molecule has 0 aromatic rings. The standard InChI is InChI=1S/C15H27N2O/c1-4-15(18)17(13-5-6-13)14-7-9-16(10-8-14)11-12(2)3/h13-14H,4-11H2,1-3H3. The van der Waals surface area contributed by atoms with Gasteiger partial charge in [0.15, 0.2) is 0 Å². The third-order valence-corrected chi connectivity index (χ3v) is 4.02. The molecule has 0 N–H and O–H groups in total. The molecule has 1 saturated heterocycles. The number of hydrogen-bond acceptors (Lipinski definition) is 2. The van der Waals surface area contributed by atoms with E-state index in [-0.39, 0.29) is 0 Å². The van der Waals surface area contributed by atoms with E-state index >= 15 is 0 Å². The van der Waals surface area contributed by atoms with Crippen molar-refractivity contribution in [3.8, 4) is 0 Å². The van der Waals surface area contributed by atoms with Gasteiger partial charge < -0.3 is 9.80 Å². The highest BCUT2D eigenvalue weighted by Gasteiger charge is 2.37. The van der Waals surface area contributed by atoms with Gasteiger partial charge in [0.2, 0.25) is 5.91 Å². The minimum Gasteiger partial charge on any atom is -0.337 e. The first-order valence-corrected chi connectivity index (χ1v) is 7.44. The van der Waals surface area contributed by atoms with Crippen molar-refractivity contribution in [1.82, 2.24) is 9.80 Å². The SMILES string of the molecule is CCC(=O)N(C1CC1)C1CCN(C[C](C)C)CC1. The summed E-state index contributed by atoms with van der Waals surface area (Å²) in [6, 6.07) is 1.09. The molecule has 0 aromatic carbocycles. The summed E-state index contributed by atoms with van der Waals surface area (Å²) >= 11 is 0. The van der Waals surface area contributed by atoms with Crippen LogP contribution in [0.1, 0.15) is 52.9 Å². The van der Waals surface area contributed by atoms with Crippen LogP contribution in [0, 0.1) is 5.92 Å². The molecule has 0 bridgehead atoms. The van der Waals surface area contributed by atoms with Crippen molar-refractivity contribution in [2.24, 2.45) is 0 Å². The maximum absolute atomic E-state index is 12.1. The normalized spacial score (nSPS) is 22.4. The molecule has 0 atom stereocenters. The van der Waals surface area contributed by atoms with Crippen LogP contribution in [0.3, 0.4) is 0 Å². The zero-order chi connectivity index (χ0) is 13.1. The van der Waals surface area contributed by atoms with Gasteiger partial charge in [-0.05, 0) is 31.6 Å². The van der Waals surface area contributed by atoms with Crippen LogP contribution in [0.15, 0.2) is 0 Å². The zero-order valence-electron chi connectivity index (χ0n) is 12.1. The molecule has 3 heteroatoms. The lowest BCUT2D eigenvalue weighted by Gasteiger charge is -2.39. The molecular weight excluding hydrogens is 224 g/mol. The molecule has 1 aliphatic carbocycles. The van der Waals surface area contributed by atoms with Gasteiger partial charge in [-0.3, -0.25) is 4.79 Å². The van der Waals surface area contributed by atoms with Gasteiger partial charge in [-0.25, -0.2) is 0 Å². The molecule has 1 saturated carbocycles. The van der Waals surface area contributed by atoms with E-state index in [0.29, 0.717) is 24.4 Å². The second kappa shape index (κ2) is 6.05. The summed E-state index contributed by atoms with van der Waals surface area (Å²) in [6.45, 7) is 9.80. The van der Waals surface area contributed by atoms with E-state index in [1.54, 1.807) is 0 Å². The maximum atomic E-state index is 12.1. The third-order valence-electron chi connectivity index (χ3n) is 4.02. The van der Waals surface area contributed by atoms with Crippen molar-refractivity contribution in [2.75, 3.05) is 19.6 Å². The summed E-state index contributed by atoms with van der Waals surface area (Å²) in [6.07, 6.45) is 5.45. The molecule has 0 spiro atoms. The molecule has 1 radical (unpaired) electrons. The molecule has 0 unspecified atom stereocenters. The third kappa shape index (κ3) is 3.47. The Morgan fingerprint density at radius 2 is 1.67 bits per heavy atom. The van der Waals surface area contributed by atoms with Gasteiger partial charge in [-0.1, -0.05) is 20.8 Å². The maximum Gasteiger partial charge on any atom is 0.222 e. The smallest absolute Gasteiger partial charge is 0.222 e. The summed E-state index contributed by atoms with van der Waals surface area (Å²) < 4.78 is 0.